The molecule has 152 valence electrons. The number of amides is 1. The Hall–Kier alpha value is -1.99. The molecule has 28 heavy (non-hydrogen) atoms. The Balaban J connectivity index is 1.51. The van der Waals surface area contributed by atoms with Gasteiger partial charge in [-0.15, -0.1) is 0 Å². The van der Waals surface area contributed by atoms with Gasteiger partial charge in [-0.05, 0) is 46.6 Å². The molecule has 1 amide bonds. The van der Waals surface area contributed by atoms with Crippen LogP contribution in [0.2, 0.25) is 0 Å². The topological polar surface area (TPSA) is 72.3 Å². The lowest BCUT2D eigenvalue weighted by molar-refractivity contribution is 0.0283. The predicted octanol–water partition coefficient (Wildman–Crippen LogP) is 2.47. The number of ether oxygens (including phenoxy) is 1. The average Bonchev–Trinajstić information content (AvgIpc) is 3.35. The van der Waals surface area contributed by atoms with Gasteiger partial charge >= 0.3 is 0 Å². The third kappa shape index (κ3) is 3.78. The van der Waals surface area contributed by atoms with E-state index in [0.29, 0.717) is 5.56 Å². The van der Waals surface area contributed by atoms with Crippen molar-refractivity contribution in [2.24, 2.45) is 5.41 Å². The summed E-state index contributed by atoms with van der Waals surface area (Å²) in [6.45, 7) is 13.4. The Kier molecular flexibility index (Phi) is 5.14. The van der Waals surface area contributed by atoms with Crippen LogP contribution in [0.25, 0.3) is 11.0 Å². The summed E-state index contributed by atoms with van der Waals surface area (Å²) < 4.78 is 7.36. The number of carbonyl (C=O) groups is 1. The van der Waals surface area contributed by atoms with Crippen LogP contribution in [-0.4, -0.2) is 65.0 Å². The van der Waals surface area contributed by atoms with E-state index in [0.717, 1.165) is 61.8 Å². The number of aryl methyl sites for hydroxylation is 2. The van der Waals surface area contributed by atoms with Gasteiger partial charge in [-0.2, -0.15) is 5.10 Å². The van der Waals surface area contributed by atoms with E-state index in [1.54, 1.807) is 0 Å². The number of hydrogen-bond acceptors (Lipinski definition) is 5. The van der Waals surface area contributed by atoms with Crippen LogP contribution in [0.15, 0.2) is 6.07 Å². The minimum absolute atomic E-state index is 0.0184. The zero-order valence-corrected chi connectivity index (χ0v) is 17.4. The van der Waals surface area contributed by atoms with Gasteiger partial charge in [-0.1, -0.05) is 0 Å². The van der Waals surface area contributed by atoms with Crippen LogP contribution in [0, 0.1) is 19.3 Å². The van der Waals surface area contributed by atoms with E-state index >= 15 is 0 Å². The first-order chi connectivity index (χ1) is 13.4. The summed E-state index contributed by atoms with van der Waals surface area (Å²) in [5, 5.41) is 8.71. The maximum absolute atomic E-state index is 13.1. The molecule has 0 aromatic carbocycles. The Morgan fingerprint density at radius 3 is 2.64 bits per heavy atom. The smallest absolute Gasteiger partial charge is 0.252 e. The van der Waals surface area contributed by atoms with E-state index in [1.165, 1.54) is 12.8 Å². The molecular formula is C21H31N5O2. The summed E-state index contributed by atoms with van der Waals surface area (Å²) in [4.78, 5) is 20.2. The highest BCUT2D eigenvalue weighted by atomic mass is 16.5. The van der Waals surface area contributed by atoms with Crippen LogP contribution in [0.1, 0.15) is 54.5 Å². The maximum Gasteiger partial charge on any atom is 0.252 e. The van der Waals surface area contributed by atoms with E-state index in [2.05, 4.69) is 34.1 Å². The summed E-state index contributed by atoms with van der Waals surface area (Å²) in [5.74, 6) is -0.0184. The molecule has 2 aromatic rings. The van der Waals surface area contributed by atoms with Gasteiger partial charge < -0.3 is 10.1 Å². The number of pyridine rings is 1. The van der Waals surface area contributed by atoms with Crippen molar-refractivity contribution in [1.29, 1.82) is 0 Å². The molecule has 7 nitrogen and oxygen atoms in total. The minimum atomic E-state index is -0.0184. The number of carbonyl (C=O) groups excluding carboxylic acids is 1. The lowest BCUT2D eigenvalue weighted by Crippen LogP contribution is -2.43. The molecule has 0 bridgehead atoms. The maximum atomic E-state index is 13.1. The van der Waals surface area contributed by atoms with E-state index in [1.807, 2.05) is 24.6 Å². The number of nitrogens with one attached hydrogen (secondary N) is 1. The highest BCUT2D eigenvalue weighted by Crippen LogP contribution is 2.45. The van der Waals surface area contributed by atoms with E-state index in [4.69, 9.17) is 4.74 Å². The molecule has 0 radical (unpaired) electrons. The molecule has 3 heterocycles. The fourth-order valence-electron chi connectivity index (χ4n) is 4.14. The van der Waals surface area contributed by atoms with Crippen LogP contribution in [0.3, 0.4) is 0 Å². The van der Waals surface area contributed by atoms with Crippen molar-refractivity contribution < 1.29 is 9.53 Å². The quantitative estimate of drug-likeness (QED) is 0.827. The van der Waals surface area contributed by atoms with Gasteiger partial charge in [0.25, 0.3) is 5.91 Å². The van der Waals surface area contributed by atoms with E-state index in [-0.39, 0.29) is 17.4 Å². The van der Waals surface area contributed by atoms with Crippen molar-refractivity contribution in [2.45, 2.75) is 46.6 Å². The zero-order valence-electron chi connectivity index (χ0n) is 17.4. The van der Waals surface area contributed by atoms with Crippen LogP contribution in [-0.2, 0) is 4.74 Å². The molecule has 1 saturated heterocycles. The summed E-state index contributed by atoms with van der Waals surface area (Å²) in [6, 6.07) is 2.09. The molecule has 2 aromatic heterocycles. The molecule has 4 rings (SSSR count). The molecule has 1 aliphatic heterocycles. The normalized spacial score (nSPS) is 19.3. The van der Waals surface area contributed by atoms with Crippen molar-refractivity contribution in [3.8, 4) is 0 Å². The second-order valence-electron chi connectivity index (χ2n) is 8.70. The highest BCUT2D eigenvalue weighted by Gasteiger charge is 2.44. The molecule has 2 fully saturated rings. The van der Waals surface area contributed by atoms with Gasteiger partial charge in [0.2, 0.25) is 0 Å². The van der Waals surface area contributed by atoms with Crippen LogP contribution in [0.5, 0.6) is 0 Å². The summed E-state index contributed by atoms with van der Waals surface area (Å²) in [5.41, 5.74) is 3.41. The lowest BCUT2D eigenvalue weighted by atomic mass is 10.0. The molecular weight excluding hydrogens is 354 g/mol. The second-order valence-corrected chi connectivity index (χ2v) is 8.70. The van der Waals surface area contributed by atoms with Crippen LogP contribution < -0.4 is 5.32 Å². The van der Waals surface area contributed by atoms with Gasteiger partial charge in [0.1, 0.15) is 0 Å². The van der Waals surface area contributed by atoms with Crippen molar-refractivity contribution in [3.05, 3.63) is 23.0 Å². The molecule has 0 atom stereocenters. The number of nitrogens with zero attached hydrogens (tertiary/aromatic N) is 4. The number of fused-ring (bicyclic) bond motifs is 1. The van der Waals surface area contributed by atoms with E-state index < -0.39 is 0 Å². The standard InChI is InChI=1S/C21H31N5O2/c1-14(2)26-19-18(16(4)24-26)17(11-15(3)23-19)20(27)22-12-21(5-6-21)13-25-7-9-28-10-8-25/h11,14H,5-10,12-13H2,1-4H3,(H,22,27). The van der Waals surface area contributed by atoms with Crippen molar-refractivity contribution >= 4 is 16.9 Å². The first-order valence-electron chi connectivity index (χ1n) is 10.3. The number of aromatic nitrogens is 3. The Labute approximate surface area is 166 Å². The highest BCUT2D eigenvalue weighted by molar-refractivity contribution is 6.06. The molecule has 1 N–H and O–H groups in total. The Morgan fingerprint density at radius 1 is 1.29 bits per heavy atom. The zero-order chi connectivity index (χ0) is 19.9. The number of morpholine rings is 1. The van der Waals surface area contributed by atoms with Gasteiger partial charge in [0.15, 0.2) is 5.65 Å². The third-order valence-corrected chi connectivity index (χ3v) is 5.94. The second kappa shape index (κ2) is 7.44. The Bertz CT molecular complexity index is 879. The summed E-state index contributed by atoms with van der Waals surface area (Å²) >= 11 is 0. The fourth-order valence-corrected chi connectivity index (χ4v) is 4.14. The van der Waals surface area contributed by atoms with Gasteiger partial charge in [0, 0.05) is 43.3 Å². The molecule has 0 unspecified atom stereocenters. The van der Waals surface area contributed by atoms with Crippen LogP contribution in [0.4, 0.5) is 0 Å². The fraction of sp³-hybridized carbons (Fsp3) is 0.667. The first-order valence-corrected chi connectivity index (χ1v) is 10.3. The number of hydrogen-bond donors (Lipinski definition) is 1. The van der Waals surface area contributed by atoms with Crippen molar-refractivity contribution in [3.63, 3.8) is 0 Å². The van der Waals surface area contributed by atoms with Gasteiger partial charge in [-0.25, -0.2) is 9.67 Å². The van der Waals surface area contributed by atoms with Crippen LogP contribution >= 0.6 is 0 Å². The Morgan fingerprint density at radius 2 is 2.00 bits per heavy atom. The van der Waals surface area contributed by atoms with E-state index in [9.17, 15) is 4.79 Å². The molecule has 1 saturated carbocycles. The molecule has 1 aliphatic carbocycles. The van der Waals surface area contributed by atoms with Crippen molar-refractivity contribution in [2.75, 3.05) is 39.4 Å². The SMILES string of the molecule is Cc1cc(C(=O)NCC2(CN3CCOCC3)CC2)c2c(C)nn(C(C)C)c2n1. The third-order valence-electron chi connectivity index (χ3n) is 5.94. The molecule has 0 spiro atoms. The summed E-state index contributed by atoms with van der Waals surface area (Å²) in [7, 11) is 0. The monoisotopic (exact) mass is 385 g/mol. The predicted molar refractivity (Wildman–Crippen MR) is 109 cm³/mol. The first kappa shape index (κ1) is 19.3. The lowest BCUT2D eigenvalue weighted by Gasteiger charge is -2.30. The number of rotatable bonds is 6. The van der Waals surface area contributed by atoms with Gasteiger partial charge in [-0.3, -0.25) is 9.69 Å². The molecule has 7 heteroatoms. The largest absolute Gasteiger partial charge is 0.379 e. The summed E-state index contributed by atoms with van der Waals surface area (Å²) in [6.07, 6.45) is 2.36. The van der Waals surface area contributed by atoms with Gasteiger partial charge in [0.05, 0.1) is 29.9 Å². The van der Waals surface area contributed by atoms with Crippen molar-refractivity contribution in [1.82, 2.24) is 25.0 Å². The minimum Gasteiger partial charge on any atom is -0.379 e. The average molecular weight is 386 g/mol. The molecule has 2 aliphatic rings.